The molecule has 0 amide bonds. The first kappa shape index (κ1) is 12.1. The summed E-state index contributed by atoms with van der Waals surface area (Å²) in [5.74, 6) is 0.893. The Labute approximate surface area is 105 Å². The van der Waals surface area contributed by atoms with Crippen LogP contribution in [0.4, 0.5) is 5.69 Å². The van der Waals surface area contributed by atoms with Gasteiger partial charge >= 0.3 is 5.69 Å². The standard InChI is InChI=1S/C14H13NO3/c1-10-7-8-13(11(2)9-10)18-14-6-4-3-5-12(14)15(16)17/h3-9H,1-2H3. The fraction of sp³-hybridized carbons (Fsp3) is 0.143. The average molecular weight is 243 g/mol. The van der Waals surface area contributed by atoms with Crippen molar-refractivity contribution in [3.63, 3.8) is 0 Å². The lowest BCUT2D eigenvalue weighted by atomic mass is 10.1. The number of benzene rings is 2. The van der Waals surface area contributed by atoms with Gasteiger partial charge in [-0.15, -0.1) is 0 Å². The molecule has 0 atom stereocenters. The van der Waals surface area contributed by atoms with Crippen LogP contribution in [0.2, 0.25) is 0 Å². The van der Waals surface area contributed by atoms with Crippen LogP contribution in [0.5, 0.6) is 11.5 Å². The average Bonchev–Trinajstić information content (AvgIpc) is 2.33. The fourth-order valence-electron chi connectivity index (χ4n) is 1.73. The van der Waals surface area contributed by atoms with E-state index < -0.39 is 4.92 Å². The van der Waals surface area contributed by atoms with Crippen molar-refractivity contribution in [2.45, 2.75) is 13.8 Å². The third kappa shape index (κ3) is 2.48. The Morgan fingerprint density at radius 2 is 1.78 bits per heavy atom. The summed E-state index contributed by atoms with van der Waals surface area (Å²) in [5, 5.41) is 10.9. The smallest absolute Gasteiger partial charge is 0.311 e. The Balaban J connectivity index is 2.37. The van der Waals surface area contributed by atoms with Gasteiger partial charge in [0.1, 0.15) is 5.75 Å². The first-order valence-electron chi connectivity index (χ1n) is 5.56. The van der Waals surface area contributed by atoms with Crippen LogP contribution < -0.4 is 4.74 Å². The van der Waals surface area contributed by atoms with E-state index in [0.717, 1.165) is 11.1 Å². The summed E-state index contributed by atoms with van der Waals surface area (Å²) >= 11 is 0. The molecule has 4 nitrogen and oxygen atoms in total. The normalized spacial score (nSPS) is 10.1. The Kier molecular flexibility index (Phi) is 3.28. The number of aryl methyl sites for hydroxylation is 2. The van der Waals surface area contributed by atoms with Crippen molar-refractivity contribution < 1.29 is 9.66 Å². The Morgan fingerprint density at radius 3 is 2.44 bits per heavy atom. The molecule has 0 fully saturated rings. The molecule has 2 rings (SSSR count). The van der Waals surface area contributed by atoms with E-state index in [0.29, 0.717) is 5.75 Å². The van der Waals surface area contributed by atoms with E-state index in [1.807, 2.05) is 32.0 Å². The van der Waals surface area contributed by atoms with Crippen molar-refractivity contribution in [3.8, 4) is 11.5 Å². The van der Waals surface area contributed by atoms with Gasteiger partial charge < -0.3 is 4.74 Å². The number of hydrogen-bond acceptors (Lipinski definition) is 3. The predicted octanol–water partition coefficient (Wildman–Crippen LogP) is 4.00. The molecule has 0 aromatic heterocycles. The highest BCUT2D eigenvalue weighted by atomic mass is 16.6. The number of para-hydroxylation sites is 2. The minimum atomic E-state index is -0.446. The second-order valence-corrected chi connectivity index (χ2v) is 4.10. The molecule has 0 saturated heterocycles. The number of nitro benzene ring substituents is 1. The largest absolute Gasteiger partial charge is 0.450 e. The molecule has 2 aromatic rings. The second-order valence-electron chi connectivity index (χ2n) is 4.10. The highest BCUT2D eigenvalue weighted by Gasteiger charge is 2.14. The molecule has 0 bridgehead atoms. The van der Waals surface area contributed by atoms with Crippen LogP contribution in [-0.2, 0) is 0 Å². The molecule has 92 valence electrons. The van der Waals surface area contributed by atoms with E-state index >= 15 is 0 Å². The highest BCUT2D eigenvalue weighted by molar-refractivity contribution is 5.49. The summed E-state index contributed by atoms with van der Waals surface area (Å²) in [7, 11) is 0. The molecule has 0 saturated carbocycles. The Morgan fingerprint density at radius 1 is 1.06 bits per heavy atom. The van der Waals surface area contributed by atoms with E-state index in [2.05, 4.69) is 0 Å². The van der Waals surface area contributed by atoms with Crippen LogP contribution in [0.1, 0.15) is 11.1 Å². The van der Waals surface area contributed by atoms with Crippen LogP contribution in [0.25, 0.3) is 0 Å². The van der Waals surface area contributed by atoms with E-state index in [1.54, 1.807) is 18.2 Å². The van der Waals surface area contributed by atoms with Crippen molar-refractivity contribution in [3.05, 3.63) is 63.7 Å². The summed E-state index contributed by atoms with van der Waals surface area (Å²) in [6, 6.07) is 12.1. The molecule has 0 heterocycles. The lowest BCUT2D eigenvalue weighted by Crippen LogP contribution is -1.94. The molecule has 18 heavy (non-hydrogen) atoms. The summed E-state index contributed by atoms with van der Waals surface area (Å²) < 4.78 is 5.61. The van der Waals surface area contributed by atoms with Crippen LogP contribution in [0.3, 0.4) is 0 Å². The number of nitro groups is 1. The fourth-order valence-corrected chi connectivity index (χ4v) is 1.73. The predicted molar refractivity (Wildman–Crippen MR) is 69.1 cm³/mol. The topological polar surface area (TPSA) is 52.4 Å². The zero-order valence-electron chi connectivity index (χ0n) is 10.2. The van der Waals surface area contributed by atoms with Crippen molar-refractivity contribution in [1.29, 1.82) is 0 Å². The molecule has 0 aliphatic carbocycles. The zero-order chi connectivity index (χ0) is 13.1. The van der Waals surface area contributed by atoms with E-state index in [4.69, 9.17) is 4.74 Å². The molecule has 0 radical (unpaired) electrons. The van der Waals surface area contributed by atoms with Crippen LogP contribution in [0.15, 0.2) is 42.5 Å². The molecule has 4 heteroatoms. The molecular formula is C14H13NO3. The third-order valence-electron chi connectivity index (χ3n) is 2.61. The molecule has 2 aromatic carbocycles. The lowest BCUT2D eigenvalue weighted by molar-refractivity contribution is -0.385. The minimum Gasteiger partial charge on any atom is -0.450 e. The van der Waals surface area contributed by atoms with Gasteiger partial charge in [-0.2, -0.15) is 0 Å². The Hall–Kier alpha value is -2.36. The van der Waals surface area contributed by atoms with Gasteiger partial charge in [-0.3, -0.25) is 10.1 Å². The van der Waals surface area contributed by atoms with Crippen LogP contribution in [-0.4, -0.2) is 4.92 Å². The second kappa shape index (κ2) is 4.87. The number of ether oxygens (including phenoxy) is 1. The summed E-state index contributed by atoms with van der Waals surface area (Å²) in [6.07, 6.45) is 0. The highest BCUT2D eigenvalue weighted by Crippen LogP contribution is 2.32. The molecular weight excluding hydrogens is 230 g/mol. The van der Waals surface area contributed by atoms with Crippen molar-refractivity contribution >= 4 is 5.69 Å². The van der Waals surface area contributed by atoms with Gasteiger partial charge in [0.25, 0.3) is 0 Å². The number of hydrogen-bond donors (Lipinski definition) is 0. The van der Waals surface area contributed by atoms with Crippen LogP contribution >= 0.6 is 0 Å². The molecule has 0 N–H and O–H groups in total. The first-order chi connectivity index (χ1) is 8.58. The molecule has 0 unspecified atom stereocenters. The summed E-state index contributed by atoms with van der Waals surface area (Å²) in [4.78, 5) is 10.4. The zero-order valence-corrected chi connectivity index (χ0v) is 10.2. The van der Waals surface area contributed by atoms with Gasteiger partial charge in [0, 0.05) is 6.07 Å². The first-order valence-corrected chi connectivity index (χ1v) is 5.56. The molecule has 0 aliphatic rings. The van der Waals surface area contributed by atoms with Crippen molar-refractivity contribution in [1.82, 2.24) is 0 Å². The maximum absolute atomic E-state index is 10.9. The number of nitrogens with zero attached hydrogens (tertiary/aromatic N) is 1. The van der Waals surface area contributed by atoms with Gasteiger partial charge in [0.15, 0.2) is 0 Å². The van der Waals surface area contributed by atoms with Gasteiger partial charge in [0.05, 0.1) is 4.92 Å². The van der Waals surface area contributed by atoms with E-state index in [1.165, 1.54) is 6.07 Å². The van der Waals surface area contributed by atoms with E-state index in [-0.39, 0.29) is 11.4 Å². The Bertz CT molecular complexity index is 593. The molecule has 0 spiro atoms. The van der Waals surface area contributed by atoms with Gasteiger partial charge in [-0.05, 0) is 31.5 Å². The van der Waals surface area contributed by atoms with Crippen molar-refractivity contribution in [2.75, 3.05) is 0 Å². The monoisotopic (exact) mass is 243 g/mol. The molecule has 0 aliphatic heterocycles. The van der Waals surface area contributed by atoms with Crippen molar-refractivity contribution in [2.24, 2.45) is 0 Å². The van der Waals surface area contributed by atoms with Gasteiger partial charge in [0.2, 0.25) is 5.75 Å². The van der Waals surface area contributed by atoms with Gasteiger partial charge in [-0.1, -0.05) is 29.8 Å². The van der Waals surface area contributed by atoms with Gasteiger partial charge in [-0.25, -0.2) is 0 Å². The van der Waals surface area contributed by atoms with Crippen LogP contribution in [0, 0.1) is 24.0 Å². The third-order valence-corrected chi connectivity index (χ3v) is 2.61. The maximum atomic E-state index is 10.9. The van der Waals surface area contributed by atoms with E-state index in [9.17, 15) is 10.1 Å². The SMILES string of the molecule is Cc1ccc(Oc2ccccc2[N+](=O)[O-])c(C)c1. The quantitative estimate of drug-likeness (QED) is 0.604. The summed E-state index contributed by atoms with van der Waals surface area (Å²) in [6.45, 7) is 3.90. The lowest BCUT2D eigenvalue weighted by Gasteiger charge is -2.09. The number of rotatable bonds is 3. The summed E-state index contributed by atoms with van der Waals surface area (Å²) in [5.41, 5.74) is 2.05. The minimum absolute atomic E-state index is 0.0301. The maximum Gasteiger partial charge on any atom is 0.311 e.